The quantitative estimate of drug-likeness (QED) is 0.183. The van der Waals surface area contributed by atoms with Crippen molar-refractivity contribution in [1.29, 1.82) is 0 Å². The molecule has 0 heterocycles. The maximum atomic E-state index is 5.66. The van der Waals surface area contributed by atoms with E-state index >= 15 is 0 Å². The smallest absolute Gasteiger partial charge is 0.147 e. The minimum absolute atomic E-state index is 0.221. The van der Waals surface area contributed by atoms with E-state index in [9.17, 15) is 0 Å². The van der Waals surface area contributed by atoms with Gasteiger partial charge < -0.3 is 9.47 Å². The first-order valence-electron chi connectivity index (χ1n) is 6.27. The predicted molar refractivity (Wildman–Crippen MR) is 91.1 cm³/mol. The van der Waals surface area contributed by atoms with Crippen LogP contribution in [0.4, 0.5) is 0 Å². The van der Waals surface area contributed by atoms with Crippen molar-refractivity contribution >= 4 is 45.2 Å². The first-order chi connectivity index (χ1) is 8.24. The molecule has 0 fully saturated rings. The number of hydrogen-bond acceptors (Lipinski definition) is 2. The number of ether oxygens (including phenoxy) is 2. The van der Waals surface area contributed by atoms with Crippen molar-refractivity contribution in [3.63, 3.8) is 0 Å². The van der Waals surface area contributed by atoms with E-state index in [1.54, 1.807) is 7.11 Å². The standard InChI is InChI=1S/C13H24I2O2/c1-3-4-5-6-7-8-13(17-11-16-2)9-12(15)10-14/h9,13H,3-8,10-11H2,1-2H3/b12-9+. The molecule has 2 nitrogen and oxygen atoms in total. The van der Waals surface area contributed by atoms with Gasteiger partial charge in [-0.2, -0.15) is 0 Å². The lowest BCUT2D eigenvalue weighted by Gasteiger charge is -2.14. The predicted octanol–water partition coefficient (Wildman–Crippen LogP) is 5.09. The highest BCUT2D eigenvalue weighted by Gasteiger charge is 2.06. The van der Waals surface area contributed by atoms with Gasteiger partial charge >= 0.3 is 0 Å². The summed E-state index contributed by atoms with van der Waals surface area (Å²) in [5.41, 5.74) is 0. The number of rotatable bonds is 11. The molecule has 1 atom stereocenters. The van der Waals surface area contributed by atoms with Gasteiger partial charge in [-0.25, -0.2) is 0 Å². The molecule has 102 valence electrons. The summed E-state index contributed by atoms with van der Waals surface area (Å²) in [6.45, 7) is 2.64. The lowest BCUT2D eigenvalue weighted by Crippen LogP contribution is -2.12. The van der Waals surface area contributed by atoms with Crippen LogP contribution in [0.15, 0.2) is 9.66 Å². The highest BCUT2D eigenvalue weighted by atomic mass is 127. The summed E-state index contributed by atoms with van der Waals surface area (Å²) in [5, 5.41) is 0. The first kappa shape index (κ1) is 18.1. The third-order valence-corrected chi connectivity index (χ3v) is 5.51. The number of hydrogen-bond donors (Lipinski definition) is 0. The van der Waals surface area contributed by atoms with E-state index in [1.165, 1.54) is 35.7 Å². The van der Waals surface area contributed by atoms with Crippen LogP contribution in [-0.2, 0) is 9.47 Å². The molecular weight excluding hydrogens is 442 g/mol. The van der Waals surface area contributed by atoms with Gasteiger partial charge in [0.1, 0.15) is 6.79 Å². The van der Waals surface area contributed by atoms with Gasteiger partial charge in [0.2, 0.25) is 0 Å². The van der Waals surface area contributed by atoms with Crippen LogP contribution in [0.5, 0.6) is 0 Å². The highest BCUT2D eigenvalue weighted by molar-refractivity contribution is 14.1. The fourth-order valence-electron chi connectivity index (χ4n) is 1.57. The van der Waals surface area contributed by atoms with Gasteiger partial charge in [0, 0.05) is 11.5 Å². The monoisotopic (exact) mass is 466 g/mol. The number of allylic oxidation sites excluding steroid dienone is 1. The van der Waals surface area contributed by atoms with Gasteiger partial charge in [0.05, 0.1) is 6.10 Å². The van der Waals surface area contributed by atoms with Gasteiger partial charge in [-0.05, 0) is 38.7 Å². The first-order valence-corrected chi connectivity index (χ1v) is 8.87. The molecule has 1 unspecified atom stereocenters. The molecule has 0 aliphatic heterocycles. The maximum absolute atomic E-state index is 5.66. The fourth-order valence-corrected chi connectivity index (χ4v) is 2.22. The van der Waals surface area contributed by atoms with Crippen LogP contribution in [0.25, 0.3) is 0 Å². The maximum Gasteiger partial charge on any atom is 0.147 e. The molecule has 17 heavy (non-hydrogen) atoms. The van der Waals surface area contributed by atoms with Crippen molar-refractivity contribution in [2.24, 2.45) is 0 Å². The molecule has 0 aromatic rings. The van der Waals surface area contributed by atoms with E-state index in [0.717, 1.165) is 10.8 Å². The van der Waals surface area contributed by atoms with Crippen LogP contribution in [0.1, 0.15) is 45.4 Å². The van der Waals surface area contributed by atoms with Gasteiger partial charge in [0.15, 0.2) is 0 Å². The second-order valence-electron chi connectivity index (χ2n) is 4.06. The second kappa shape index (κ2) is 13.5. The molecule has 4 heteroatoms. The topological polar surface area (TPSA) is 18.5 Å². The van der Waals surface area contributed by atoms with E-state index in [-0.39, 0.29) is 6.10 Å². The van der Waals surface area contributed by atoms with E-state index in [4.69, 9.17) is 9.47 Å². The average molecular weight is 466 g/mol. The van der Waals surface area contributed by atoms with Crippen LogP contribution in [-0.4, -0.2) is 24.4 Å². The molecule has 0 spiro atoms. The average Bonchev–Trinajstić information content (AvgIpc) is 2.35. The van der Waals surface area contributed by atoms with Crippen molar-refractivity contribution in [3.05, 3.63) is 9.66 Å². The molecule has 0 aliphatic rings. The van der Waals surface area contributed by atoms with Crippen LogP contribution in [0.3, 0.4) is 0 Å². The zero-order valence-electron chi connectivity index (χ0n) is 10.9. The van der Waals surface area contributed by atoms with Crippen molar-refractivity contribution in [2.45, 2.75) is 51.6 Å². The van der Waals surface area contributed by atoms with E-state index < -0.39 is 0 Å². The fraction of sp³-hybridized carbons (Fsp3) is 0.846. The van der Waals surface area contributed by atoms with Crippen LogP contribution >= 0.6 is 45.2 Å². The number of unbranched alkanes of at least 4 members (excludes halogenated alkanes) is 4. The van der Waals surface area contributed by atoms with Crippen LogP contribution in [0.2, 0.25) is 0 Å². The Hall–Kier alpha value is 1.12. The molecule has 0 bridgehead atoms. The Labute approximate surface area is 133 Å². The molecule has 0 aliphatic carbocycles. The molecule has 0 saturated carbocycles. The normalized spacial score (nSPS) is 14.0. The summed E-state index contributed by atoms with van der Waals surface area (Å²) in [4.78, 5) is 0. The van der Waals surface area contributed by atoms with Crippen molar-refractivity contribution in [3.8, 4) is 0 Å². The Kier molecular flexibility index (Phi) is 14.4. The van der Waals surface area contributed by atoms with Crippen molar-refractivity contribution < 1.29 is 9.47 Å². The van der Waals surface area contributed by atoms with Gasteiger partial charge in [-0.15, -0.1) is 0 Å². The summed E-state index contributed by atoms with van der Waals surface area (Å²) < 4.78 is 13.1. The van der Waals surface area contributed by atoms with E-state index in [1.807, 2.05) is 0 Å². The zero-order valence-corrected chi connectivity index (χ0v) is 15.2. The lowest BCUT2D eigenvalue weighted by atomic mass is 10.1. The minimum Gasteiger partial charge on any atom is -0.359 e. The van der Waals surface area contributed by atoms with Gasteiger partial charge in [0.25, 0.3) is 0 Å². The zero-order chi connectivity index (χ0) is 12.9. The third kappa shape index (κ3) is 11.9. The molecule has 0 amide bonds. The molecule has 0 aromatic heterocycles. The Bertz CT molecular complexity index is 196. The number of methoxy groups -OCH3 is 1. The molecule has 0 rings (SSSR count). The summed E-state index contributed by atoms with van der Waals surface area (Å²) in [6.07, 6.45) is 10.1. The summed E-state index contributed by atoms with van der Waals surface area (Å²) in [6, 6.07) is 0. The minimum atomic E-state index is 0.221. The van der Waals surface area contributed by atoms with Crippen LogP contribution in [0, 0.1) is 0 Å². The Balaban J connectivity index is 3.85. The number of alkyl halides is 1. The third-order valence-electron chi connectivity index (χ3n) is 2.49. The highest BCUT2D eigenvalue weighted by Crippen LogP contribution is 2.16. The van der Waals surface area contributed by atoms with Gasteiger partial charge in [-0.3, -0.25) is 0 Å². The van der Waals surface area contributed by atoms with Crippen molar-refractivity contribution in [1.82, 2.24) is 0 Å². The molecule has 0 N–H and O–H groups in total. The molecular formula is C13H24I2O2. The lowest BCUT2D eigenvalue weighted by molar-refractivity contribution is -0.0580. The van der Waals surface area contributed by atoms with Crippen molar-refractivity contribution in [2.75, 3.05) is 18.3 Å². The Morgan fingerprint density at radius 2 is 1.94 bits per heavy atom. The Morgan fingerprint density at radius 3 is 2.53 bits per heavy atom. The van der Waals surface area contributed by atoms with E-state index in [0.29, 0.717) is 6.79 Å². The Morgan fingerprint density at radius 1 is 1.24 bits per heavy atom. The summed E-state index contributed by atoms with van der Waals surface area (Å²) >= 11 is 4.76. The summed E-state index contributed by atoms with van der Waals surface area (Å²) in [7, 11) is 1.67. The largest absolute Gasteiger partial charge is 0.359 e. The van der Waals surface area contributed by atoms with Gasteiger partial charge in [-0.1, -0.05) is 61.6 Å². The molecule has 0 radical (unpaired) electrons. The summed E-state index contributed by atoms with van der Waals surface area (Å²) in [5.74, 6) is 0. The molecule has 0 saturated heterocycles. The van der Waals surface area contributed by atoms with Crippen LogP contribution < -0.4 is 0 Å². The second-order valence-corrected chi connectivity index (χ2v) is 6.21. The molecule has 0 aromatic carbocycles. The van der Waals surface area contributed by atoms with E-state index in [2.05, 4.69) is 58.2 Å². The number of halogens is 2. The SMILES string of the molecule is CCCCCCCC(/C=C(/I)CI)OCOC.